The summed E-state index contributed by atoms with van der Waals surface area (Å²) in [6.45, 7) is 6.75. The first kappa shape index (κ1) is 25.7. The second-order valence-corrected chi connectivity index (χ2v) is 10.2. The van der Waals surface area contributed by atoms with E-state index < -0.39 is 17.9 Å². The highest BCUT2D eigenvalue weighted by Gasteiger charge is 2.50. The summed E-state index contributed by atoms with van der Waals surface area (Å²) < 4.78 is 0. The van der Waals surface area contributed by atoms with Gasteiger partial charge in [-0.1, -0.05) is 45.6 Å². The highest BCUT2D eigenvalue weighted by Crippen LogP contribution is 2.48. The maximum atomic E-state index is 13.5. The Morgan fingerprint density at radius 2 is 1.97 bits per heavy atom. The van der Waals surface area contributed by atoms with E-state index in [9.17, 15) is 14.4 Å². The fourth-order valence-electron chi connectivity index (χ4n) is 4.96. The monoisotopic (exact) mass is 453 g/mol. The SMILES string of the molecule is CC/C=C(/C)SCNC(=O)[C@@H]1CC2(CCCC2)CN1C(=O)[C@H](CCCC)CC(=O)NO. The molecule has 0 bridgehead atoms. The van der Waals surface area contributed by atoms with Crippen molar-refractivity contribution in [1.82, 2.24) is 15.7 Å². The number of carbonyl (C=O) groups excluding carboxylic acids is 3. The van der Waals surface area contributed by atoms with Crippen LogP contribution in [0.5, 0.6) is 0 Å². The minimum Gasteiger partial charge on any atom is -0.345 e. The zero-order valence-electron chi connectivity index (χ0n) is 19.2. The van der Waals surface area contributed by atoms with Crippen molar-refractivity contribution in [2.45, 2.75) is 91.0 Å². The standard InChI is InChI=1S/C23H39N3O4S/c1-4-6-10-18(13-20(27)25-30)22(29)26-15-23(11-7-8-12-23)14-19(26)21(28)24-16-31-17(3)9-5-2/h9,18-19,30H,4-8,10-16H2,1-3H3,(H,24,28)(H,25,27)/b17-9-/t18-,19+/m1/s1. The summed E-state index contributed by atoms with van der Waals surface area (Å²) in [4.78, 5) is 41.3. The lowest BCUT2D eigenvalue weighted by atomic mass is 9.84. The van der Waals surface area contributed by atoms with Gasteiger partial charge in [0.05, 0.1) is 5.88 Å². The maximum Gasteiger partial charge on any atom is 0.244 e. The highest BCUT2D eigenvalue weighted by molar-refractivity contribution is 8.03. The van der Waals surface area contributed by atoms with Crippen molar-refractivity contribution in [1.29, 1.82) is 0 Å². The molecular formula is C23H39N3O4S. The van der Waals surface area contributed by atoms with Crippen LogP contribution in [-0.2, 0) is 14.4 Å². The van der Waals surface area contributed by atoms with E-state index in [0.29, 0.717) is 25.3 Å². The van der Waals surface area contributed by atoms with E-state index in [-0.39, 0.29) is 23.7 Å². The first-order chi connectivity index (χ1) is 14.9. The molecule has 2 aliphatic rings. The van der Waals surface area contributed by atoms with Gasteiger partial charge in [0.15, 0.2) is 0 Å². The first-order valence-electron chi connectivity index (χ1n) is 11.7. The third kappa shape index (κ3) is 7.24. The van der Waals surface area contributed by atoms with Gasteiger partial charge in [-0.2, -0.15) is 0 Å². The molecule has 2 fully saturated rings. The van der Waals surface area contributed by atoms with E-state index in [1.165, 1.54) is 4.91 Å². The number of hydrogen-bond acceptors (Lipinski definition) is 5. The van der Waals surface area contributed by atoms with Crippen LogP contribution < -0.4 is 10.8 Å². The Balaban J connectivity index is 2.13. The molecule has 3 amide bonds. The van der Waals surface area contributed by atoms with Crippen LogP contribution in [0, 0.1) is 11.3 Å². The predicted molar refractivity (Wildman–Crippen MR) is 123 cm³/mol. The summed E-state index contributed by atoms with van der Waals surface area (Å²) in [6.07, 6.45) is 10.4. The smallest absolute Gasteiger partial charge is 0.244 e. The topological polar surface area (TPSA) is 98.7 Å². The van der Waals surface area contributed by atoms with E-state index in [2.05, 4.69) is 18.3 Å². The van der Waals surface area contributed by atoms with Gasteiger partial charge in [-0.15, -0.1) is 11.8 Å². The maximum absolute atomic E-state index is 13.5. The fraction of sp³-hybridized carbons (Fsp3) is 0.783. The Morgan fingerprint density at radius 1 is 1.26 bits per heavy atom. The molecule has 0 aromatic carbocycles. The first-order valence-corrected chi connectivity index (χ1v) is 12.6. The van der Waals surface area contributed by atoms with Gasteiger partial charge in [0, 0.05) is 18.9 Å². The van der Waals surface area contributed by atoms with Gasteiger partial charge in [-0.3, -0.25) is 19.6 Å². The summed E-state index contributed by atoms with van der Waals surface area (Å²) in [5.74, 6) is -0.813. The summed E-state index contributed by atoms with van der Waals surface area (Å²) in [5.41, 5.74) is 1.68. The van der Waals surface area contributed by atoms with Crippen molar-refractivity contribution in [3.63, 3.8) is 0 Å². The Labute approximate surface area is 190 Å². The van der Waals surface area contributed by atoms with Gasteiger partial charge in [0.1, 0.15) is 6.04 Å². The van der Waals surface area contributed by atoms with E-state index in [1.807, 2.05) is 13.8 Å². The lowest BCUT2D eigenvalue weighted by Gasteiger charge is -2.29. The van der Waals surface area contributed by atoms with Crippen LogP contribution in [0.25, 0.3) is 0 Å². The van der Waals surface area contributed by atoms with Crippen molar-refractivity contribution in [2.24, 2.45) is 11.3 Å². The third-order valence-electron chi connectivity index (χ3n) is 6.61. The molecule has 1 saturated carbocycles. The van der Waals surface area contributed by atoms with Crippen LogP contribution in [0.1, 0.15) is 85.0 Å². The minimum atomic E-state index is -0.556. The molecule has 31 heavy (non-hydrogen) atoms. The summed E-state index contributed by atoms with van der Waals surface area (Å²) in [6, 6.07) is -0.483. The number of hydroxylamine groups is 1. The number of nitrogens with one attached hydrogen (secondary N) is 2. The Bertz CT molecular complexity index is 661. The van der Waals surface area contributed by atoms with Crippen molar-refractivity contribution < 1.29 is 19.6 Å². The number of rotatable bonds is 11. The minimum absolute atomic E-state index is 0.0252. The number of allylic oxidation sites excluding steroid dienone is 2. The van der Waals surface area contributed by atoms with E-state index in [1.54, 1.807) is 22.1 Å². The van der Waals surface area contributed by atoms with Crippen molar-refractivity contribution in [2.75, 3.05) is 12.4 Å². The molecule has 2 atom stereocenters. The molecule has 176 valence electrons. The van der Waals surface area contributed by atoms with Crippen molar-refractivity contribution in [3.05, 3.63) is 11.0 Å². The number of carbonyl (C=O) groups is 3. The zero-order chi connectivity index (χ0) is 22.9. The van der Waals surface area contributed by atoms with E-state index >= 15 is 0 Å². The molecule has 0 aromatic heterocycles. The Morgan fingerprint density at radius 3 is 2.58 bits per heavy atom. The Hall–Kier alpha value is -1.54. The summed E-state index contributed by atoms with van der Waals surface area (Å²) in [5, 5.41) is 12.0. The second kappa shape index (κ2) is 12.5. The Kier molecular flexibility index (Phi) is 10.4. The molecule has 1 aliphatic carbocycles. The zero-order valence-corrected chi connectivity index (χ0v) is 20.1. The molecule has 1 spiro atoms. The van der Waals surface area contributed by atoms with Crippen LogP contribution in [0.2, 0.25) is 0 Å². The van der Waals surface area contributed by atoms with Crippen LogP contribution >= 0.6 is 11.8 Å². The van der Waals surface area contributed by atoms with Crippen LogP contribution in [0.4, 0.5) is 0 Å². The molecule has 7 nitrogen and oxygen atoms in total. The van der Waals surface area contributed by atoms with Crippen LogP contribution in [-0.4, -0.2) is 46.3 Å². The van der Waals surface area contributed by atoms with Crippen LogP contribution in [0.3, 0.4) is 0 Å². The van der Waals surface area contributed by atoms with Crippen molar-refractivity contribution >= 4 is 29.5 Å². The highest BCUT2D eigenvalue weighted by atomic mass is 32.2. The van der Waals surface area contributed by atoms with Gasteiger partial charge >= 0.3 is 0 Å². The van der Waals surface area contributed by atoms with E-state index in [0.717, 1.165) is 44.9 Å². The molecule has 1 aliphatic heterocycles. The molecule has 2 rings (SSSR count). The van der Waals surface area contributed by atoms with Gasteiger partial charge in [-0.05, 0) is 49.3 Å². The molecule has 1 saturated heterocycles. The molecule has 0 aromatic rings. The molecule has 0 radical (unpaired) electrons. The second-order valence-electron chi connectivity index (χ2n) is 9.02. The average Bonchev–Trinajstić information content (AvgIpc) is 3.37. The largest absolute Gasteiger partial charge is 0.345 e. The molecule has 0 unspecified atom stereocenters. The quantitative estimate of drug-likeness (QED) is 0.250. The number of hydrogen-bond donors (Lipinski definition) is 3. The van der Waals surface area contributed by atoms with Gasteiger partial charge < -0.3 is 10.2 Å². The molecule has 3 N–H and O–H groups in total. The fourth-order valence-corrected chi connectivity index (χ4v) is 5.69. The van der Waals surface area contributed by atoms with Gasteiger partial charge in [-0.25, -0.2) is 5.48 Å². The molecular weight excluding hydrogens is 414 g/mol. The lowest BCUT2D eigenvalue weighted by Crippen LogP contribution is -2.48. The number of likely N-dealkylation sites (tertiary alicyclic amines) is 1. The average molecular weight is 454 g/mol. The number of unbranched alkanes of at least 4 members (excludes halogenated alkanes) is 1. The number of thioether (sulfide) groups is 1. The predicted octanol–water partition coefficient (Wildman–Crippen LogP) is 3.97. The normalized spacial score (nSPS) is 21.4. The van der Waals surface area contributed by atoms with Gasteiger partial charge in [0.25, 0.3) is 0 Å². The number of nitrogens with zero attached hydrogens (tertiary/aromatic N) is 1. The summed E-state index contributed by atoms with van der Waals surface area (Å²) >= 11 is 1.60. The molecule has 1 heterocycles. The van der Waals surface area contributed by atoms with E-state index in [4.69, 9.17) is 5.21 Å². The number of amides is 3. The summed E-state index contributed by atoms with van der Waals surface area (Å²) in [7, 11) is 0. The van der Waals surface area contributed by atoms with Crippen molar-refractivity contribution in [3.8, 4) is 0 Å². The lowest BCUT2D eigenvalue weighted by molar-refractivity contribution is -0.144. The van der Waals surface area contributed by atoms with Crippen LogP contribution in [0.15, 0.2) is 11.0 Å². The molecule has 8 heteroatoms. The third-order valence-corrected chi connectivity index (χ3v) is 7.52. The van der Waals surface area contributed by atoms with Gasteiger partial charge in [0.2, 0.25) is 17.7 Å².